The number of halogens is 2. The van der Waals surface area contributed by atoms with Crippen molar-refractivity contribution in [2.24, 2.45) is 5.10 Å². The number of aryl methyl sites for hydroxylation is 1. The van der Waals surface area contributed by atoms with Gasteiger partial charge in [0.15, 0.2) is 0 Å². The lowest BCUT2D eigenvalue weighted by molar-refractivity contribution is -0.384. The highest BCUT2D eigenvalue weighted by molar-refractivity contribution is 6.36. The minimum absolute atomic E-state index is 0.0284. The Labute approximate surface area is 169 Å². The molecule has 0 atom stereocenters. The topological polar surface area (TPSA) is 97.7 Å². The fourth-order valence-electron chi connectivity index (χ4n) is 2.44. The quantitative estimate of drug-likeness (QED) is 0.348. The van der Waals surface area contributed by atoms with Crippen LogP contribution in [-0.4, -0.2) is 17.0 Å². The van der Waals surface area contributed by atoms with E-state index in [0.717, 1.165) is 5.56 Å². The van der Waals surface area contributed by atoms with Crippen LogP contribution in [0.3, 0.4) is 0 Å². The normalized spacial score (nSPS) is 11.0. The van der Waals surface area contributed by atoms with E-state index in [1.54, 1.807) is 24.3 Å². The summed E-state index contributed by atoms with van der Waals surface area (Å²) in [6.07, 6.45) is 1.32. The summed E-state index contributed by atoms with van der Waals surface area (Å²) in [6.45, 7) is 1.82. The third-order valence-electron chi connectivity index (χ3n) is 3.86. The van der Waals surface area contributed by atoms with Gasteiger partial charge >= 0.3 is 0 Å². The van der Waals surface area contributed by atoms with Gasteiger partial charge in [-0.05, 0) is 42.8 Å². The van der Waals surface area contributed by atoms with Crippen molar-refractivity contribution in [2.45, 2.75) is 6.92 Å². The molecule has 0 aliphatic carbocycles. The molecule has 0 aliphatic rings. The number of furan rings is 1. The number of nitro benzene ring substituents is 1. The smallest absolute Gasteiger partial charge is 0.272 e. The van der Waals surface area contributed by atoms with Crippen molar-refractivity contribution in [3.05, 3.63) is 85.6 Å². The van der Waals surface area contributed by atoms with Crippen molar-refractivity contribution in [3.63, 3.8) is 0 Å². The van der Waals surface area contributed by atoms with Crippen molar-refractivity contribution in [1.82, 2.24) is 5.43 Å². The molecule has 7 nitrogen and oxygen atoms in total. The second kappa shape index (κ2) is 8.24. The number of nitro groups is 1. The predicted molar refractivity (Wildman–Crippen MR) is 107 cm³/mol. The number of benzene rings is 2. The van der Waals surface area contributed by atoms with Crippen molar-refractivity contribution in [2.75, 3.05) is 0 Å². The standard InChI is InChI=1S/C19H13Cl2N3O4/c1-11-2-4-13(24(26)27)9-16(11)18-7-5-14(28-18)10-22-23-19(25)15-6-3-12(20)8-17(15)21/h2-10H,1H3,(H,23,25)/b22-10-. The van der Waals surface area contributed by atoms with E-state index in [-0.39, 0.29) is 16.3 Å². The van der Waals surface area contributed by atoms with Crippen molar-refractivity contribution < 1.29 is 14.1 Å². The summed E-state index contributed by atoms with van der Waals surface area (Å²) in [6, 6.07) is 12.3. The van der Waals surface area contributed by atoms with Gasteiger partial charge in [-0.25, -0.2) is 5.43 Å². The molecular formula is C19H13Cl2N3O4. The molecule has 1 amide bonds. The minimum Gasteiger partial charge on any atom is -0.455 e. The average Bonchev–Trinajstić information content (AvgIpc) is 3.10. The molecule has 0 saturated carbocycles. The first-order chi connectivity index (χ1) is 13.3. The summed E-state index contributed by atoms with van der Waals surface area (Å²) in [7, 11) is 0. The zero-order chi connectivity index (χ0) is 20.3. The number of hydrazone groups is 1. The Morgan fingerprint density at radius 1 is 1.18 bits per heavy atom. The van der Waals surface area contributed by atoms with Gasteiger partial charge in [-0.3, -0.25) is 14.9 Å². The molecule has 142 valence electrons. The molecule has 0 saturated heterocycles. The van der Waals surface area contributed by atoms with Crippen molar-refractivity contribution in [1.29, 1.82) is 0 Å². The minimum atomic E-state index is -0.501. The summed E-state index contributed by atoms with van der Waals surface area (Å²) >= 11 is 11.8. The molecule has 9 heteroatoms. The lowest BCUT2D eigenvalue weighted by Crippen LogP contribution is -2.17. The van der Waals surface area contributed by atoms with Crippen molar-refractivity contribution in [3.8, 4) is 11.3 Å². The molecular weight excluding hydrogens is 405 g/mol. The second-order valence-corrected chi connectivity index (χ2v) is 6.63. The van der Waals surface area contributed by atoms with E-state index in [1.807, 2.05) is 6.92 Å². The zero-order valence-corrected chi connectivity index (χ0v) is 16.0. The van der Waals surface area contributed by atoms with E-state index >= 15 is 0 Å². The summed E-state index contributed by atoms with van der Waals surface area (Å²) in [5.74, 6) is 0.317. The van der Waals surface area contributed by atoms with Crippen LogP contribution in [0.4, 0.5) is 5.69 Å². The maximum Gasteiger partial charge on any atom is 0.272 e. The third kappa shape index (κ3) is 4.39. The lowest BCUT2D eigenvalue weighted by atomic mass is 10.1. The molecule has 3 rings (SSSR count). The van der Waals surface area contributed by atoms with Gasteiger partial charge in [-0.1, -0.05) is 29.3 Å². The lowest BCUT2D eigenvalue weighted by Gasteiger charge is -2.03. The van der Waals surface area contributed by atoms with Gasteiger partial charge in [0.25, 0.3) is 11.6 Å². The Morgan fingerprint density at radius 2 is 1.96 bits per heavy atom. The van der Waals surface area contributed by atoms with Gasteiger partial charge in [0.1, 0.15) is 11.5 Å². The highest BCUT2D eigenvalue weighted by Gasteiger charge is 2.13. The van der Waals surface area contributed by atoms with E-state index in [1.165, 1.54) is 30.5 Å². The highest BCUT2D eigenvalue weighted by atomic mass is 35.5. The number of amides is 1. The SMILES string of the molecule is Cc1ccc([N+](=O)[O-])cc1-c1ccc(/C=N\NC(=O)c2ccc(Cl)cc2Cl)o1. The van der Waals surface area contributed by atoms with Crippen LogP contribution in [0, 0.1) is 17.0 Å². The first-order valence-electron chi connectivity index (χ1n) is 7.99. The van der Waals surface area contributed by atoms with Crippen LogP contribution >= 0.6 is 23.2 Å². The number of rotatable bonds is 5. The van der Waals surface area contributed by atoms with Crippen LogP contribution in [0.15, 0.2) is 58.0 Å². The molecule has 3 aromatic rings. The first-order valence-corrected chi connectivity index (χ1v) is 8.74. The first kappa shape index (κ1) is 19.6. The number of hydrogen-bond donors (Lipinski definition) is 1. The average molecular weight is 418 g/mol. The Morgan fingerprint density at radius 3 is 2.68 bits per heavy atom. The van der Waals surface area contributed by atoms with Crippen LogP contribution in [0.1, 0.15) is 21.7 Å². The molecule has 0 bridgehead atoms. The van der Waals surface area contributed by atoms with Crippen LogP contribution < -0.4 is 5.43 Å². The Bertz CT molecular complexity index is 1090. The van der Waals surface area contributed by atoms with Crippen LogP contribution in [0.2, 0.25) is 10.0 Å². The van der Waals surface area contributed by atoms with Gasteiger partial charge < -0.3 is 4.42 Å². The summed E-state index contributed by atoms with van der Waals surface area (Å²) in [4.78, 5) is 22.6. The van der Waals surface area contributed by atoms with Gasteiger partial charge in [0, 0.05) is 22.7 Å². The molecule has 0 fully saturated rings. The maximum atomic E-state index is 12.1. The number of nitrogens with one attached hydrogen (secondary N) is 1. The molecule has 0 unspecified atom stereocenters. The number of carbonyl (C=O) groups is 1. The monoisotopic (exact) mass is 417 g/mol. The van der Waals surface area contributed by atoms with E-state index < -0.39 is 10.8 Å². The second-order valence-electron chi connectivity index (χ2n) is 5.78. The summed E-state index contributed by atoms with van der Waals surface area (Å²) < 4.78 is 5.65. The third-order valence-corrected chi connectivity index (χ3v) is 4.41. The molecule has 0 spiro atoms. The maximum absolute atomic E-state index is 12.1. The van der Waals surface area contributed by atoms with Crippen LogP contribution in [0.5, 0.6) is 0 Å². The molecule has 0 radical (unpaired) electrons. The molecule has 1 aromatic heterocycles. The fraction of sp³-hybridized carbons (Fsp3) is 0.0526. The zero-order valence-electron chi connectivity index (χ0n) is 14.5. The molecule has 1 heterocycles. The van der Waals surface area contributed by atoms with E-state index in [9.17, 15) is 14.9 Å². The largest absolute Gasteiger partial charge is 0.455 e. The number of non-ortho nitro benzene ring substituents is 1. The summed E-state index contributed by atoms with van der Waals surface area (Å²) in [5.41, 5.74) is 3.98. The van der Waals surface area contributed by atoms with E-state index in [2.05, 4.69) is 10.5 Å². The van der Waals surface area contributed by atoms with E-state index in [4.69, 9.17) is 27.6 Å². The molecule has 28 heavy (non-hydrogen) atoms. The fourth-order valence-corrected chi connectivity index (χ4v) is 2.94. The molecule has 2 aromatic carbocycles. The highest BCUT2D eigenvalue weighted by Crippen LogP contribution is 2.28. The van der Waals surface area contributed by atoms with Crippen molar-refractivity contribution >= 4 is 41.0 Å². The van der Waals surface area contributed by atoms with Crippen LogP contribution in [-0.2, 0) is 0 Å². The van der Waals surface area contributed by atoms with Gasteiger partial charge in [0.05, 0.1) is 21.7 Å². The van der Waals surface area contributed by atoms with Crippen LogP contribution in [0.25, 0.3) is 11.3 Å². The van der Waals surface area contributed by atoms with Gasteiger partial charge in [-0.15, -0.1) is 0 Å². The van der Waals surface area contributed by atoms with Gasteiger partial charge in [-0.2, -0.15) is 5.10 Å². The molecule has 0 aliphatic heterocycles. The Hall–Kier alpha value is -3.16. The van der Waals surface area contributed by atoms with Gasteiger partial charge in [0.2, 0.25) is 0 Å². The number of nitrogens with zero attached hydrogens (tertiary/aromatic N) is 2. The number of carbonyl (C=O) groups excluding carboxylic acids is 1. The molecule has 1 N–H and O–H groups in total. The predicted octanol–water partition coefficient (Wildman–Crippen LogP) is 5.23. The van der Waals surface area contributed by atoms with E-state index in [0.29, 0.717) is 22.1 Å². The summed E-state index contributed by atoms with van der Waals surface area (Å²) in [5, 5.41) is 15.4. The Balaban J connectivity index is 1.73. The number of hydrogen-bond acceptors (Lipinski definition) is 5. The Kier molecular flexibility index (Phi) is 5.77.